The molecule has 0 radical (unpaired) electrons. The number of piperazine rings is 1. The number of carbonyl (C=O) groups excluding carboxylic acids is 1. The monoisotopic (exact) mass is 463 g/mol. The Bertz CT molecular complexity index is 1130. The number of ether oxygens (including phenoxy) is 2. The van der Waals surface area contributed by atoms with Gasteiger partial charge in [-0.3, -0.25) is 5.32 Å². The van der Waals surface area contributed by atoms with Crippen LogP contribution in [0.4, 0.5) is 33.5 Å². The van der Waals surface area contributed by atoms with Gasteiger partial charge in [0.15, 0.2) is 0 Å². The van der Waals surface area contributed by atoms with Gasteiger partial charge in [0, 0.05) is 38.3 Å². The number of nitrogens with zero attached hydrogens (tertiary/aromatic N) is 4. The Labute approximate surface area is 198 Å². The third-order valence-corrected chi connectivity index (χ3v) is 5.58. The van der Waals surface area contributed by atoms with Crippen LogP contribution >= 0.6 is 0 Å². The van der Waals surface area contributed by atoms with Gasteiger partial charge < -0.3 is 29.9 Å². The normalized spacial score (nSPS) is 13.8. The number of aromatic nitrogens is 2. The van der Waals surface area contributed by atoms with E-state index in [2.05, 4.69) is 48.8 Å². The van der Waals surface area contributed by atoms with Gasteiger partial charge in [-0.2, -0.15) is 0 Å². The number of anilines is 5. The van der Waals surface area contributed by atoms with Gasteiger partial charge in [0.05, 0.1) is 31.3 Å². The molecular weight excluding hydrogens is 434 g/mol. The van der Waals surface area contributed by atoms with E-state index in [-0.39, 0.29) is 0 Å². The van der Waals surface area contributed by atoms with Crippen molar-refractivity contribution in [2.45, 2.75) is 0 Å². The molecule has 0 saturated carbocycles. The van der Waals surface area contributed by atoms with Gasteiger partial charge in [-0.15, -0.1) is 0 Å². The minimum atomic E-state index is -0.453. The van der Waals surface area contributed by atoms with Crippen molar-refractivity contribution in [1.29, 1.82) is 0 Å². The number of likely N-dealkylation sites (N-methyl/N-ethyl adjacent to an activating group) is 1. The lowest BCUT2D eigenvalue weighted by atomic mass is 10.2. The van der Waals surface area contributed by atoms with Crippen LogP contribution in [0.3, 0.4) is 0 Å². The van der Waals surface area contributed by atoms with Gasteiger partial charge in [0.2, 0.25) is 0 Å². The second-order valence-corrected chi connectivity index (χ2v) is 7.87. The number of rotatable bonds is 7. The quantitative estimate of drug-likeness (QED) is 0.488. The van der Waals surface area contributed by atoms with Crippen LogP contribution in [-0.4, -0.2) is 68.3 Å². The first-order chi connectivity index (χ1) is 16.6. The van der Waals surface area contributed by atoms with Crippen molar-refractivity contribution in [3.63, 3.8) is 0 Å². The highest BCUT2D eigenvalue weighted by atomic mass is 16.5. The largest absolute Gasteiger partial charge is 0.497 e. The molecule has 10 nitrogen and oxygen atoms in total. The van der Waals surface area contributed by atoms with E-state index < -0.39 is 6.03 Å². The van der Waals surface area contributed by atoms with Crippen LogP contribution in [-0.2, 0) is 0 Å². The summed E-state index contributed by atoms with van der Waals surface area (Å²) >= 11 is 0. The molecule has 3 N–H and O–H groups in total. The Morgan fingerprint density at radius 1 is 0.882 bits per heavy atom. The molecule has 0 aliphatic carbocycles. The van der Waals surface area contributed by atoms with Crippen molar-refractivity contribution in [3.8, 4) is 11.5 Å². The summed E-state index contributed by atoms with van der Waals surface area (Å²) in [5.41, 5.74) is 2.58. The van der Waals surface area contributed by atoms with Crippen LogP contribution < -0.4 is 30.3 Å². The average molecular weight is 464 g/mol. The molecule has 0 atom stereocenters. The number of methoxy groups -OCH3 is 2. The molecule has 1 aromatic heterocycles. The van der Waals surface area contributed by atoms with E-state index in [0.717, 1.165) is 37.6 Å². The maximum atomic E-state index is 12.6. The van der Waals surface area contributed by atoms with Gasteiger partial charge in [-0.25, -0.2) is 14.8 Å². The van der Waals surface area contributed by atoms with Crippen molar-refractivity contribution >= 4 is 34.7 Å². The zero-order valence-electron chi connectivity index (χ0n) is 19.5. The van der Waals surface area contributed by atoms with Gasteiger partial charge in [0.25, 0.3) is 0 Å². The fourth-order valence-corrected chi connectivity index (χ4v) is 3.71. The summed E-state index contributed by atoms with van der Waals surface area (Å²) in [6, 6.07) is 14.5. The smallest absolute Gasteiger partial charge is 0.324 e. The Balaban J connectivity index is 1.44. The predicted molar refractivity (Wildman–Crippen MR) is 134 cm³/mol. The Morgan fingerprint density at radius 2 is 1.65 bits per heavy atom. The van der Waals surface area contributed by atoms with E-state index in [4.69, 9.17) is 9.47 Å². The number of hydrogen-bond acceptors (Lipinski definition) is 8. The second-order valence-electron chi connectivity index (χ2n) is 7.87. The van der Waals surface area contributed by atoms with Crippen LogP contribution in [0.25, 0.3) is 0 Å². The summed E-state index contributed by atoms with van der Waals surface area (Å²) < 4.78 is 10.5. The third-order valence-electron chi connectivity index (χ3n) is 5.58. The molecule has 1 aliphatic heterocycles. The first-order valence-electron chi connectivity index (χ1n) is 11.0. The number of amides is 2. The van der Waals surface area contributed by atoms with Crippen molar-refractivity contribution in [1.82, 2.24) is 14.9 Å². The number of urea groups is 1. The Kier molecular flexibility index (Phi) is 7.28. The third kappa shape index (κ3) is 5.65. The van der Waals surface area contributed by atoms with E-state index in [1.807, 2.05) is 18.2 Å². The second kappa shape index (κ2) is 10.7. The molecule has 0 spiro atoms. The SMILES string of the molecule is COc1ccc(NC(=O)Nc2cc(Nc3ccccc3N3CCN(C)CC3)ncn2)c(OC)c1. The Hall–Kier alpha value is -4.05. The van der Waals surface area contributed by atoms with Crippen molar-refractivity contribution in [3.05, 3.63) is 54.9 Å². The van der Waals surface area contributed by atoms with E-state index >= 15 is 0 Å². The minimum Gasteiger partial charge on any atom is -0.497 e. The molecule has 0 bridgehead atoms. The zero-order valence-corrected chi connectivity index (χ0v) is 19.5. The summed E-state index contributed by atoms with van der Waals surface area (Å²) in [4.78, 5) is 25.7. The van der Waals surface area contributed by atoms with Gasteiger partial charge in [-0.1, -0.05) is 12.1 Å². The van der Waals surface area contributed by atoms with Crippen LogP contribution in [0.15, 0.2) is 54.9 Å². The van der Waals surface area contributed by atoms with Crippen molar-refractivity contribution in [2.24, 2.45) is 0 Å². The molecule has 3 aromatic rings. The molecule has 2 amide bonds. The number of para-hydroxylation sites is 2. The lowest BCUT2D eigenvalue weighted by molar-refractivity contribution is 0.262. The summed E-state index contributed by atoms with van der Waals surface area (Å²) in [6.45, 7) is 3.95. The van der Waals surface area contributed by atoms with Crippen molar-refractivity contribution < 1.29 is 14.3 Å². The molecular formula is C24H29N7O3. The predicted octanol–water partition coefficient (Wildman–Crippen LogP) is 3.63. The minimum absolute atomic E-state index is 0.361. The first-order valence-corrected chi connectivity index (χ1v) is 11.0. The molecule has 10 heteroatoms. The average Bonchev–Trinajstić information content (AvgIpc) is 2.85. The van der Waals surface area contributed by atoms with Crippen molar-refractivity contribution in [2.75, 3.05) is 68.3 Å². The van der Waals surface area contributed by atoms with Crippen LogP contribution in [0.2, 0.25) is 0 Å². The van der Waals surface area contributed by atoms with Gasteiger partial charge in [-0.05, 0) is 31.3 Å². The number of nitrogens with one attached hydrogen (secondary N) is 3. The van der Waals surface area contributed by atoms with Gasteiger partial charge >= 0.3 is 6.03 Å². The summed E-state index contributed by atoms with van der Waals surface area (Å²) in [5, 5.41) is 8.86. The molecule has 2 aromatic carbocycles. The highest BCUT2D eigenvalue weighted by molar-refractivity contribution is 6.00. The van der Waals surface area contributed by atoms with Crippen LogP contribution in [0, 0.1) is 0 Å². The fraction of sp³-hybridized carbons (Fsp3) is 0.292. The molecule has 34 heavy (non-hydrogen) atoms. The summed E-state index contributed by atoms with van der Waals surface area (Å²) in [5.74, 6) is 2.06. The molecule has 0 unspecified atom stereocenters. The topological polar surface area (TPSA) is 104 Å². The Morgan fingerprint density at radius 3 is 2.41 bits per heavy atom. The lowest BCUT2D eigenvalue weighted by Gasteiger charge is -2.35. The van der Waals surface area contributed by atoms with E-state index in [1.165, 1.54) is 13.4 Å². The van der Waals surface area contributed by atoms with E-state index in [0.29, 0.717) is 28.8 Å². The fourth-order valence-electron chi connectivity index (χ4n) is 3.71. The molecule has 1 saturated heterocycles. The van der Waals surface area contributed by atoms with Crippen LogP contribution in [0.1, 0.15) is 0 Å². The molecule has 2 heterocycles. The summed E-state index contributed by atoms with van der Waals surface area (Å²) in [6.07, 6.45) is 1.41. The molecule has 4 rings (SSSR count). The maximum absolute atomic E-state index is 12.6. The highest BCUT2D eigenvalue weighted by Gasteiger charge is 2.17. The molecule has 1 fully saturated rings. The number of hydrogen-bond donors (Lipinski definition) is 3. The summed E-state index contributed by atoms with van der Waals surface area (Å²) in [7, 11) is 5.23. The standard InChI is InChI=1S/C24H29N7O3/c1-30-10-12-31(13-11-30)20-7-5-4-6-18(20)27-22-15-23(26-16-25-22)29-24(32)28-19-9-8-17(33-2)14-21(19)34-3/h4-9,14-16H,10-13H2,1-3H3,(H3,25,26,27,28,29,32). The van der Waals surface area contributed by atoms with E-state index in [9.17, 15) is 4.79 Å². The number of benzene rings is 2. The zero-order chi connectivity index (χ0) is 23.9. The van der Waals surface area contributed by atoms with Crippen LogP contribution in [0.5, 0.6) is 11.5 Å². The lowest BCUT2D eigenvalue weighted by Crippen LogP contribution is -2.44. The van der Waals surface area contributed by atoms with E-state index in [1.54, 1.807) is 31.4 Å². The van der Waals surface area contributed by atoms with Gasteiger partial charge in [0.1, 0.15) is 29.5 Å². The highest BCUT2D eigenvalue weighted by Crippen LogP contribution is 2.30. The first kappa shape index (κ1) is 23.1. The molecule has 1 aliphatic rings. The molecule has 178 valence electrons. The number of carbonyl (C=O) groups is 1. The maximum Gasteiger partial charge on any atom is 0.324 e.